The second-order valence-electron chi connectivity index (χ2n) is 4.55. The third-order valence-corrected chi connectivity index (χ3v) is 2.89. The van der Waals surface area contributed by atoms with Crippen LogP contribution in [-0.4, -0.2) is 18.5 Å². The minimum absolute atomic E-state index is 0.0855. The van der Waals surface area contributed by atoms with Crippen molar-refractivity contribution in [3.05, 3.63) is 34.9 Å². The molecule has 1 atom stereocenters. The minimum Gasteiger partial charge on any atom is -0.370 e. The number of benzene rings is 1. The van der Waals surface area contributed by atoms with Crippen molar-refractivity contribution in [2.75, 3.05) is 6.61 Å². The summed E-state index contributed by atoms with van der Waals surface area (Å²) in [5, 5.41) is 0. The van der Waals surface area contributed by atoms with E-state index >= 15 is 0 Å². The van der Waals surface area contributed by atoms with Gasteiger partial charge >= 0.3 is 0 Å². The van der Waals surface area contributed by atoms with Crippen molar-refractivity contribution in [2.45, 2.75) is 46.6 Å². The van der Waals surface area contributed by atoms with Crippen molar-refractivity contribution < 1.29 is 9.53 Å². The van der Waals surface area contributed by atoms with Gasteiger partial charge in [0.15, 0.2) is 5.78 Å². The summed E-state index contributed by atoms with van der Waals surface area (Å²) in [6.45, 7) is 8.57. The van der Waals surface area contributed by atoms with Gasteiger partial charge < -0.3 is 4.74 Å². The lowest BCUT2D eigenvalue weighted by atomic mass is 9.99. The van der Waals surface area contributed by atoms with Gasteiger partial charge in [0.1, 0.15) is 6.10 Å². The molecule has 0 heterocycles. The van der Waals surface area contributed by atoms with E-state index in [-0.39, 0.29) is 11.9 Å². The first-order valence-electron chi connectivity index (χ1n) is 6.29. The molecule has 1 unspecified atom stereocenters. The highest BCUT2D eigenvalue weighted by atomic mass is 16.5. The molecule has 0 fully saturated rings. The third-order valence-electron chi connectivity index (χ3n) is 2.89. The molecule has 0 saturated heterocycles. The average Bonchev–Trinajstić information content (AvgIpc) is 2.31. The first-order valence-corrected chi connectivity index (χ1v) is 6.29. The Morgan fingerprint density at radius 1 is 1.35 bits per heavy atom. The number of carbonyl (C=O) groups is 1. The zero-order valence-electron chi connectivity index (χ0n) is 11.2. The lowest BCUT2D eigenvalue weighted by Crippen LogP contribution is -2.22. The van der Waals surface area contributed by atoms with E-state index in [1.807, 2.05) is 39.0 Å². The summed E-state index contributed by atoms with van der Waals surface area (Å²) in [5.41, 5.74) is 2.92. The number of aryl methyl sites for hydroxylation is 2. The number of rotatable bonds is 6. The van der Waals surface area contributed by atoms with Crippen molar-refractivity contribution in [3.8, 4) is 0 Å². The smallest absolute Gasteiger partial charge is 0.191 e. The molecule has 0 aliphatic heterocycles. The van der Waals surface area contributed by atoms with Crippen LogP contribution in [-0.2, 0) is 4.74 Å². The fourth-order valence-electron chi connectivity index (χ4n) is 1.70. The quantitative estimate of drug-likeness (QED) is 0.554. The molecule has 0 aliphatic rings. The molecule has 94 valence electrons. The van der Waals surface area contributed by atoms with Gasteiger partial charge in [-0.1, -0.05) is 31.0 Å². The third kappa shape index (κ3) is 3.97. The van der Waals surface area contributed by atoms with Crippen LogP contribution in [0.15, 0.2) is 18.2 Å². The van der Waals surface area contributed by atoms with Crippen molar-refractivity contribution in [1.82, 2.24) is 0 Å². The Kier molecular flexibility index (Phi) is 5.36. The molecule has 0 aliphatic carbocycles. The normalized spacial score (nSPS) is 12.5. The highest BCUT2D eigenvalue weighted by molar-refractivity contribution is 6.00. The molecule has 0 bridgehead atoms. The van der Waals surface area contributed by atoms with Gasteiger partial charge in [0.25, 0.3) is 0 Å². The Morgan fingerprint density at radius 3 is 2.71 bits per heavy atom. The van der Waals surface area contributed by atoms with Gasteiger partial charge in [-0.05, 0) is 38.8 Å². The summed E-state index contributed by atoms with van der Waals surface area (Å²) in [5.74, 6) is 0.0855. The van der Waals surface area contributed by atoms with E-state index in [0.29, 0.717) is 6.61 Å². The zero-order valence-corrected chi connectivity index (χ0v) is 11.2. The van der Waals surface area contributed by atoms with Crippen molar-refractivity contribution in [3.63, 3.8) is 0 Å². The van der Waals surface area contributed by atoms with Crippen LogP contribution in [0.3, 0.4) is 0 Å². The minimum atomic E-state index is -0.345. The van der Waals surface area contributed by atoms with Crippen molar-refractivity contribution in [1.29, 1.82) is 0 Å². The lowest BCUT2D eigenvalue weighted by molar-refractivity contribution is 0.0467. The van der Waals surface area contributed by atoms with E-state index in [0.717, 1.165) is 29.5 Å². The molecule has 2 nitrogen and oxygen atoms in total. The average molecular weight is 234 g/mol. The van der Waals surface area contributed by atoms with Crippen LogP contribution in [0, 0.1) is 13.8 Å². The van der Waals surface area contributed by atoms with Crippen LogP contribution in [0.2, 0.25) is 0 Å². The Balaban J connectivity index is 2.71. The second-order valence-corrected chi connectivity index (χ2v) is 4.55. The molecule has 1 aromatic carbocycles. The molecule has 0 amide bonds. The number of Topliss-reactive ketones (excluding diaryl/α,β-unsaturated/α-hetero) is 1. The monoisotopic (exact) mass is 234 g/mol. The Labute approximate surface area is 104 Å². The van der Waals surface area contributed by atoms with Gasteiger partial charge in [-0.3, -0.25) is 4.79 Å². The van der Waals surface area contributed by atoms with E-state index < -0.39 is 0 Å². The van der Waals surface area contributed by atoms with E-state index in [1.165, 1.54) is 0 Å². The van der Waals surface area contributed by atoms with Gasteiger partial charge in [0, 0.05) is 12.2 Å². The van der Waals surface area contributed by atoms with Crippen LogP contribution in [0.1, 0.15) is 48.2 Å². The first kappa shape index (κ1) is 13.9. The standard InChI is InChI=1S/C15H22O2/c1-5-6-9-17-13(4)15(16)14-10-11(2)7-8-12(14)3/h7-8,10,13H,5-6,9H2,1-4H3. The highest BCUT2D eigenvalue weighted by Crippen LogP contribution is 2.14. The number of unbranched alkanes of at least 4 members (excludes halogenated alkanes) is 1. The van der Waals surface area contributed by atoms with E-state index in [4.69, 9.17) is 4.74 Å². The largest absolute Gasteiger partial charge is 0.370 e. The number of hydrogen-bond acceptors (Lipinski definition) is 2. The van der Waals surface area contributed by atoms with Gasteiger partial charge in [-0.15, -0.1) is 0 Å². The fraction of sp³-hybridized carbons (Fsp3) is 0.533. The van der Waals surface area contributed by atoms with Crippen LogP contribution in [0.4, 0.5) is 0 Å². The van der Waals surface area contributed by atoms with Gasteiger partial charge in [0.2, 0.25) is 0 Å². The van der Waals surface area contributed by atoms with E-state index in [9.17, 15) is 4.79 Å². The zero-order chi connectivity index (χ0) is 12.8. The molecule has 0 saturated carbocycles. The molecule has 0 N–H and O–H groups in total. The summed E-state index contributed by atoms with van der Waals surface area (Å²) in [6, 6.07) is 5.95. The second kappa shape index (κ2) is 6.55. The summed E-state index contributed by atoms with van der Waals surface area (Å²) >= 11 is 0. The van der Waals surface area contributed by atoms with Crippen molar-refractivity contribution in [2.24, 2.45) is 0 Å². The molecule has 17 heavy (non-hydrogen) atoms. The maximum atomic E-state index is 12.2. The molecule has 1 rings (SSSR count). The molecule has 0 radical (unpaired) electrons. The molecular formula is C15H22O2. The van der Waals surface area contributed by atoms with Crippen LogP contribution in [0.25, 0.3) is 0 Å². The van der Waals surface area contributed by atoms with E-state index in [2.05, 4.69) is 6.92 Å². The SMILES string of the molecule is CCCCOC(C)C(=O)c1cc(C)ccc1C. The number of hydrogen-bond donors (Lipinski definition) is 0. The van der Waals surface area contributed by atoms with Crippen molar-refractivity contribution >= 4 is 5.78 Å². The van der Waals surface area contributed by atoms with E-state index in [1.54, 1.807) is 0 Å². The maximum Gasteiger partial charge on any atom is 0.191 e. The molecular weight excluding hydrogens is 212 g/mol. The Morgan fingerprint density at radius 2 is 2.06 bits per heavy atom. The maximum absolute atomic E-state index is 12.2. The molecule has 0 aromatic heterocycles. The fourth-order valence-corrected chi connectivity index (χ4v) is 1.70. The number of ether oxygens (including phenoxy) is 1. The highest BCUT2D eigenvalue weighted by Gasteiger charge is 2.17. The summed E-state index contributed by atoms with van der Waals surface area (Å²) in [4.78, 5) is 12.2. The topological polar surface area (TPSA) is 26.3 Å². The summed E-state index contributed by atoms with van der Waals surface area (Å²) in [6.07, 6.45) is 1.75. The predicted molar refractivity (Wildman–Crippen MR) is 70.6 cm³/mol. The van der Waals surface area contributed by atoms with Crippen LogP contribution in [0.5, 0.6) is 0 Å². The van der Waals surface area contributed by atoms with Crippen LogP contribution >= 0.6 is 0 Å². The Hall–Kier alpha value is -1.15. The Bertz CT molecular complexity index is 383. The van der Waals surface area contributed by atoms with Gasteiger partial charge in [-0.2, -0.15) is 0 Å². The molecule has 2 heteroatoms. The summed E-state index contributed by atoms with van der Waals surface area (Å²) in [7, 11) is 0. The molecule has 0 spiro atoms. The summed E-state index contributed by atoms with van der Waals surface area (Å²) < 4.78 is 5.54. The van der Waals surface area contributed by atoms with Crippen LogP contribution < -0.4 is 0 Å². The number of carbonyl (C=O) groups excluding carboxylic acids is 1. The van der Waals surface area contributed by atoms with Gasteiger partial charge in [-0.25, -0.2) is 0 Å². The van der Waals surface area contributed by atoms with Gasteiger partial charge in [0.05, 0.1) is 0 Å². The number of ketones is 1. The lowest BCUT2D eigenvalue weighted by Gasteiger charge is -2.13. The predicted octanol–water partition coefficient (Wildman–Crippen LogP) is 3.69. The molecule has 1 aromatic rings. The first-order chi connectivity index (χ1) is 8.06.